The lowest BCUT2D eigenvalue weighted by molar-refractivity contribution is -0.0485. The molecular formula is C11H22O8P2S6. The number of rotatable bonds is 8. The van der Waals surface area contributed by atoms with Crippen molar-refractivity contribution in [3.05, 3.63) is 0 Å². The molecule has 0 aromatic rings. The van der Waals surface area contributed by atoms with Crippen LogP contribution in [-0.2, 0) is 61.4 Å². The second-order valence-electron chi connectivity index (χ2n) is 6.41. The summed E-state index contributed by atoms with van der Waals surface area (Å²) in [5.41, 5.74) is -5.65. The van der Waals surface area contributed by atoms with Crippen molar-refractivity contribution in [2.24, 2.45) is 5.41 Å². The van der Waals surface area contributed by atoms with Crippen LogP contribution in [-0.4, -0.2) is 78.8 Å². The molecular weight excluding hydrogens is 514 g/mol. The standard InChI is InChI=1S/C11H22O8P2S6/c1-26(12,13)5-3-24-20(22)16-7-11(8-17-20)9-18-21(23,19-10-11)25-4-6-27(2,14)15/h3-10H2,1-2H3. The first-order valence-electron chi connectivity index (χ1n) is 7.67. The molecule has 0 bridgehead atoms. The van der Waals surface area contributed by atoms with Crippen molar-refractivity contribution in [1.29, 1.82) is 0 Å². The summed E-state index contributed by atoms with van der Waals surface area (Å²) < 4.78 is 68.0. The van der Waals surface area contributed by atoms with Gasteiger partial charge in [0.05, 0.1) is 43.3 Å². The molecule has 0 radical (unpaired) electrons. The minimum Gasteiger partial charge on any atom is -0.321 e. The molecule has 160 valence electrons. The van der Waals surface area contributed by atoms with Crippen molar-refractivity contribution in [3.63, 3.8) is 0 Å². The highest BCUT2D eigenvalue weighted by Gasteiger charge is 2.46. The summed E-state index contributed by atoms with van der Waals surface area (Å²) in [6.45, 7) is 1.16. The third-order valence-corrected chi connectivity index (χ3v) is 16.5. The van der Waals surface area contributed by atoms with E-state index in [-0.39, 0.29) is 11.5 Å². The zero-order chi connectivity index (χ0) is 20.4. The van der Waals surface area contributed by atoms with Crippen molar-refractivity contribution in [1.82, 2.24) is 0 Å². The Hall–Kier alpha value is 1.74. The Morgan fingerprint density at radius 2 is 1.07 bits per heavy atom. The van der Waals surface area contributed by atoms with Crippen molar-refractivity contribution in [2.45, 2.75) is 0 Å². The van der Waals surface area contributed by atoms with Gasteiger partial charge in [-0.1, -0.05) is 22.8 Å². The predicted octanol–water partition coefficient (Wildman–Crippen LogP) is 2.07. The minimum absolute atomic E-state index is 0.0216. The number of sulfone groups is 2. The van der Waals surface area contributed by atoms with E-state index in [1.165, 1.54) is 35.3 Å². The molecule has 0 unspecified atom stereocenters. The second kappa shape index (κ2) is 9.48. The second-order valence-corrected chi connectivity index (χ2v) is 23.8. The van der Waals surface area contributed by atoms with E-state index in [9.17, 15) is 16.8 Å². The summed E-state index contributed by atoms with van der Waals surface area (Å²) >= 11 is 13.3. The van der Waals surface area contributed by atoms with Crippen molar-refractivity contribution in [3.8, 4) is 0 Å². The summed E-state index contributed by atoms with van der Waals surface area (Å²) in [5, 5.41) is 0. The van der Waals surface area contributed by atoms with E-state index >= 15 is 0 Å². The fraction of sp³-hybridized carbons (Fsp3) is 1.00. The van der Waals surface area contributed by atoms with Crippen LogP contribution in [0.3, 0.4) is 0 Å². The maximum absolute atomic E-state index is 11.2. The topological polar surface area (TPSA) is 105 Å². The van der Waals surface area contributed by atoms with Gasteiger partial charge in [-0.25, -0.2) is 16.8 Å². The van der Waals surface area contributed by atoms with Gasteiger partial charge in [-0.3, -0.25) is 0 Å². The maximum atomic E-state index is 11.2. The lowest BCUT2D eigenvalue weighted by Gasteiger charge is -2.44. The summed E-state index contributed by atoms with van der Waals surface area (Å²) in [4.78, 5) is 0. The Labute approximate surface area is 178 Å². The molecule has 0 amide bonds. The average Bonchev–Trinajstić information content (AvgIpc) is 2.51. The van der Waals surface area contributed by atoms with Crippen LogP contribution >= 0.6 is 34.2 Å². The van der Waals surface area contributed by atoms with Crippen LogP contribution in [0, 0.1) is 5.41 Å². The van der Waals surface area contributed by atoms with E-state index in [0.29, 0.717) is 37.9 Å². The molecule has 8 nitrogen and oxygen atoms in total. The van der Waals surface area contributed by atoms with Crippen molar-refractivity contribution >= 4 is 77.4 Å². The molecule has 2 heterocycles. The zero-order valence-corrected chi connectivity index (χ0v) is 21.5. The first-order valence-corrected chi connectivity index (χ1v) is 20.2. The summed E-state index contributed by atoms with van der Waals surface area (Å²) in [5.74, 6) is 0.698. The average molecular weight is 537 g/mol. The van der Waals surface area contributed by atoms with E-state index in [4.69, 9.17) is 41.7 Å². The Morgan fingerprint density at radius 1 is 0.778 bits per heavy atom. The van der Waals surface area contributed by atoms with E-state index in [1.54, 1.807) is 0 Å². The van der Waals surface area contributed by atoms with Gasteiger partial charge in [0.2, 0.25) is 11.4 Å². The third kappa shape index (κ3) is 8.78. The van der Waals surface area contributed by atoms with Gasteiger partial charge in [0, 0.05) is 24.0 Å². The third-order valence-electron chi connectivity index (χ3n) is 3.52. The molecule has 0 atom stereocenters. The van der Waals surface area contributed by atoms with Gasteiger partial charge in [-0.15, -0.1) is 0 Å². The van der Waals surface area contributed by atoms with E-state index in [0.717, 1.165) is 0 Å². The van der Waals surface area contributed by atoms with Crippen molar-refractivity contribution < 1.29 is 34.9 Å². The first kappa shape index (κ1) is 25.0. The molecule has 1 spiro atoms. The highest BCUT2D eigenvalue weighted by atomic mass is 32.9. The quantitative estimate of drug-likeness (QED) is 0.424. The molecule has 2 fully saturated rings. The van der Waals surface area contributed by atoms with Gasteiger partial charge >= 0.3 is 0 Å². The highest BCUT2D eigenvalue weighted by molar-refractivity contribution is 8.68. The van der Waals surface area contributed by atoms with Crippen LogP contribution in [0.2, 0.25) is 0 Å². The Balaban J connectivity index is 1.80. The summed E-state index contributed by atoms with van der Waals surface area (Å²) in [6, 6.07) is 0. The van der Waals surface area contributed by atoms with Gasteiger partial charge in [-0.2, -0.15) is 0 Å². The normalized spacial score (nSPS) is 35.3. The van der Waals surface area contributed by atoms with E-state index in [1.807, 2.05) is 0 Å². The van der Waals surface area contributed by atoms with Crippen LogP contribution in [0.4, 0.5) is 0 Å². The molecule has 0 N–H and O–H groups in total. The SMILES string of the molecule is CS(=O)(=O)CCSP1(=S)OCC2(CO1)COP(=S)(SCCS(C)(=O)=O)OC2. The Bertz CT molecular complexity index is 743. The molecule has 0 aromatic carbocycles. The molecule has 2 saturated heterocycles. The molecule has 0 aromatic heterocycles. The number of hydrogen-bond acceptors (Lipinski definition) is 12. The first-order chi connectivity index (χ1) is 12.2. The van der Waals surface area contributed by atoms with E-state index in [2.05, 4.69) is 0 Å². The maximum Gasteiger partial charge on any atom is 0.247 e. The molecule has 2 rings (SSSR count). The minimum atomic E-state index is -3.06. The summed E-state index contributed by atoms with van der Waals surface area (Å²) in [7, 11) is -6.11. The van der Waals surface area contributed by atoms with Gasteiger partial charge in [-0.05, 0) is 23.6 Å². The molecule has 2 aliphatic heterocycles. The van der Waals surface area contributed by atoms with Crippen molar-refractivity contribution in [2.75, 3.05) is 62.0 Å². The molecule has 0 aliphatic carbocycles. The molecule has 27 heavy (non-hydrogen) atoms. The predicted molar refractivity (Wildman–Crippen MR) is 119 cm³/mol. The molecule has 2 aliphatic rings. The fourth-order valence-corrected chi connectivity index (χ4v) is 13.8. The van der Waals surface area contributed by atoms with Crippen LogP contribution in [0.25, 0.3) is 0 Å². The fourth-order valence-electron chi connectivity index (χ4n) is 1.94. The van der Waals surface area contributed by atoms with Gasteiger partial charge in [0.25, 0.3) is 0 Å². The lowest BCUT2D eigenvalue weighted by Crippen LogP contribution is -2.45. The highest BCUT2D eigenvalue weighted by Crippen LogP contribution is 2.68. The largest absolute Gasteiger partial charge is 0.321 e. The van der Waals surface area contributed by atoms with Gasteiger partial charge < -0.3 is 18.1 Å². The summed E-state index contributed by atoms with van der Waals surface area (Å²) in [6.07, 6.45) is 2.35. The molecule has 16 heteroatoms. The smallest absolute Gasteiger partial charge is 0.247 e. The Kier molecular flexibility index (Phi) is 8.78. The number of hydrogen-bond donors (Lipinski definition) is 0. The van der Waals surface area contributed by atoms with Crippen LogP contribution in [0.1, 0.15) is 0 Å². The lowest BCUT2D eigenvalue weighted by atomic mass is 9.93. The van der Waals surface area contributed by atoms with E-state index < -0.39 is 36.5 Å². The monoisotopic (exact) mass is 536 g/mol. The van der Waals surface area contributed by atoms with Gasteiger partial charge in [0.15, 0.2) is 0 Å². The molecule has 0 saturated carbocycles. The van der Waals surface area contributed by atoms with Crippen LogP contribution < -0.4 is 0 Å². The van der Waals surface area contributed by atoms with Gasteiger partial charge in [0.1, 0.15) is 19.7 Å². The Morgan fingerprint density at radius 3 is 1.33 bits per heavy atom. The van der Waals surface area contributed by atoms with Crippen LogP contribution in [0.5, 0.6) is 0 Å². The van der Waals surface area contributed by atoms with Crippen LogP contribution in [0.15, 0.2) is 0 Å². The zero-order valence-electron chi connectivity index (χ0n) is 14.8.